The number of nitro benzene ring substituents is 1. The van der Waals surface area contributed by atoms with Crippen LogP contribution in [0.1, 0.15) is 38.3 Å². The molecule has 0 saturated heterocycles. The van der Waals surface area contributed by atoms with E-state index in [1.54, 1.807) is 13.0 Å². The van der Waals surface area contributed by atoms with Gasteiger partial charge in [0.15, 0.2) is 0 Å². The van der Waals surface area contributed by atoms with Crippen LogP contribution in [0.2, 0.25) is 0 Å². The molecule has 0 bridgehead atoms. The molecule has 0 saturated carbocycles. The van der Waals surface area contributed by atoms with E-state index in [1.165, 1.54) is 75.6 Å². The van der Waals surface area contributed by atoms with Crippen molar-refractivity contribution in [3.05, 3.63) is 93.8 Å². The normalized spacial score (nSPS) is 12.6. The Kier molecular flexibility index (Phi) is 10.8. The first-order valence-electron chi connectivity index (χ1n) is 13.5. The minimum Gasteiger partial charge on any atom is -0.497 e. The number of hydrogen-bond donors (Lipinski definition) is 1. The van der Waals surface area contributed by atoms with Gasteiger partial charge in [-0.2, -0.15) is 0 Å². The Balaban J connectivity index is 2.10. The highest BCUT2D eigenvalue weighted by atomic mass is 32.2. The van der Waals surface area contributed by atoms with Crippen LogP contribution in [0, 0.1) is 22.9 Å². The number of hydrogen-bond acceptors (Lipinski definition) is 7. The number of sulfonamides is 1. The Morgan fingerprint density at radius 3 is 2.30 bits per heavy atom. The summed E-state index contributed by atoms with van der Waals surface area (Å²) in [5.74, 6) is -1.46. The van der Waals surface area contributed by atoms with Gasteiger partial charge in [0.2, 0.25) is 11.8 Å². The van der Waals surface area contributed by atoms with Crippen LogP contribution in [0.25, 0.3) is 0 Å². The van der Waals surface area contributed by atoms with Gasteiger partial charge in [0.25, 0.3) is 15.7 Å². The molecule has 0 aromatic heterocycles. The van der Waals surface area contributed by atoms with Gasteiger partial charge in [0, 0.05) is 29.8 Å². The summed E-state index contributed by atoms with van der Waals surface area (Å²) < 4.78 is 48.6. The molecule has 0 radical (unpaired) electrons. The Hall–Kier alpha value is -4.52. The molecule has 0 unspecified atom stereocenters. The fourth-order valence-corrected chi connectivity index (χ4v) is 5.64. The van der Waals surface area contributed by atoms with Crippen molar-refractivity contribution < 1.29 is 32.1 Å². The highest BCUT2D eigenvalue weighted by molar-refractivity contribution is 7.92. The summed E-state index contributed by atoms with van der Waals surface area (Å²) in [5.41, 5.74) is 0.0545. The molecule has 0 aliphatic carbocycles. The molecule has 0 fully saturated rings. The molecule has 3 rings (SSSR count). The lowest BCUT2D eigenvalue weighted by molar-refractivity contribution is -0.385. The monoisotopic (exact) mass is 614 g/mol. The zero-order valence-electron chi connectivity index (χ0n) is 24.6. The summed E-state index contributed by atoms with van der Waals surface area (Å²) in [6, 6.07) is 13.8. The third-order valence-electron chi connectivity index (χ3n) is 7.07. The number of methoxy groups -OCH3 is 1. The number of ether oxygens (including phenoxy) is 1. The van der Waals surface area contributed by atoms with Crippen molar-refractivity contribution in [3.8, 4) is 5.75 Å². The minimum absolute atomic E-state index is 0.0694. The van der Waals surface area contributed by atoms with E-state index in [1.807, 2.05) is 6.92 Å². The van der Waals surface area contributed by atoms with Crippen molar-refractivity contribution >= 4 is 33.2 Å². The van der Waals surface area contributed by atoms with E-state index in [2.05, 4.69) is 5.32 Å². The van der Waals surface area contributed by atoms with E-state index < -0.39 is 55.7 Å². The van der Waals surface area contributed by atoms with Gasteiger partial charge in [-0.3, -0.25) is 24.0 Å². The van der Waals surface area contributed by atoms with Crippen molar-refractivity contribution in [1.82, 2.24) is 10.2 Å². The maximum atomic E-state index is 14.7. The van der Waals surface area contributed by atoms with Crippen LogP contribution in [0.3, 0.4) is 0 Å². The molecule has 0 aliphatic heterocycles. The van der Waals surface area contributed by atoms with Gasteiger partial charge in [0.1, 0.15) is 24.2 Å². The Labute approximate surface area is 250 Å². The number of aryl methyl sites for hydroxylation is 1. The van der Waals surface area contributed by atoms with Crippen molar-refractivity contribution in [1.29, 1.82) is 0 Å². The number of nitrogens with zero attached hydrogens (tertiary/aromatic N) is 3. The van der Waals surface area contributed by atoms with Gasteiger partial charge >= 0.3 is 0 Å². The molecule has 0 aliphatic rings. The summed E-state index contributed by atoms with van der Waals surface area (Å²) in [7, 11) is -3.12. The standard InChI is InChI=1S/C30H35FN4O7S/c1-6-21(3)32-30(37)22(4)33(18-23-9-7-8-10-27(23)31)29(36)19-34(24-12-14-25(42-5)15-13-24)43(40,41)26-16-11-20(2)28(17-26)35(38)39/h7-17,21-22H,6,18-19H2,1-5H3,(H,32,37)/t21-,22-/m1/s1. The summed E-state index contributed by atoms with van der Waals surface area (Å²) in [6.45, 7) is 5.54. The zero-order chi connectivity index (χ0) is 31.9. The van der Waals surface area contributed by atoms with Crippen LogP contribution in [0.4, 0.5) is 15.8 Å². The molecular weight excluding hydrogens is 579 g/mol. The van der Waals surface area contributed by atoms with Crippen molar-refractivity contribution in [2.45, 2.75) is 57.6 Å². The van der Waals surface area contributed by atoms with E-state index in [0.29, 0.717) is 12.2 Å². The van der Waals surface area contributed by atoms with E-state index in [-0.39, 0.29) is 29.4 Å². The van der Waals surface area contributed by atoms with E-state index in [9.17, 15) is 32.5 Å². The Morgan fingerprint density at radius 2 is 1.72 bits per heavy atom. The molecule has 2 atom stereocenters. The molecule has 11 nitrogen and oxygen atoms in total. The van der Waals surface area contributed by atoms with Crippen molar-refractivity contribution in [2.24, 2.45) is 0 Å². The van der Waals surface area contributed by atoms with Crippen LogP contribution in [-0.4, -0.2) is 55.8 Å². The van der Waals surface area contributed by atoms with Gasteiger partial charge < -0.3 is 15.0 Å². The number of nitro groups is 1. The minimum atomic E-state index is -4.56. The third-order valence-corrected chi connectivity index (χ3v) is 8.84. The first kappa shape index (κ1) is 33.0. The second-order valence-corrected chi connectivity index (χ2v) is 11.9. The van der Waals surface area contributed by atoms with Crippen LogP contribution in [0.5, 0.6) is 5.75 Å². The summed E-state index contributed by atoms with van der Waals surface area (Å²) >= 11 is 0. The van der Waals surface area contributed by atoms with E-state index >= 15 is 0 Å². The Morgan fingerprint density at radius 1 is 1.07 bits per heavy atom. The van der Waals surface area contributed by atoms with E-state index in [0.717, 1.165) is 15.3 Å². The molecular formula is C30H35FN4O7S. The van der Waals surface area contributed by atoms with E-state index in [4.69, 9.17) is 4.74 Å². The second kappa shape index (κ2) is 14.1. The molecule has 2 amide bonds. The van der Waals surface area contributed by atoms with Gasteiger partial charge in [-0.25, -0.2) is 12.8 Å². The topological polar surface area (TPSA) is 139 Å². The molecule has 3 aromatic rings. The smallest absolute Gasteiger partial charge is 0.273 e. The van der Waals surface area contributed by atoms with Crippen LogP contribution >= 0.6 is 0 Å². The lowest BCUT2D eigenvalue weighted by Gasteiger charge is -2.32. The summed E-state index contributed by atoms with van der Waals surface area (Å²) in [5, 5.41) is 14.4. The predicted octanol–water partition coefficient (Wildman–Crippen LogP) is 4.58. The highest BCUT2D eigenvalue weighted by Gasteiger charge is 2.34. The average Bonchev–Trinajstić information content (AvgIpc) is 2.98. The van der Waals surface area contributed by atoms with Crippen molar-refractivity contribution in [2.75, 3.05) is 18.0 Å². The molecule has 3 aromatic carbocycles. The maximum Gasteiger partial charge on any atom is 0.273 e. The number of anilines is 1. The van der Waals surface area contributed by atoms with Gasteiger partial charge in [-0.15, -0.1) is 0 Å². The van der Waals surface area contributed by atoms with Gasteiger partial charge in [0.05, 0.1) is 22.6 Å². The Bertz CT molecular complexity index is 1580. The molecule has 230 valence electrons. The van der Waals surface area contributed by atoms with Crippen LogP contribution < -0.4 is 14.4 Å². The second-order valence-electron chi connectivity index (χ2n) is 10.0. The number of benzene rings is 3. The molecule has 0 heterocycles. The number of amides is 2. The fourth-order valence-electron chi connectivity index (χ4n) is 4.21. The summed E-state index contributed by atoms with van der Waals surface area (Å²) in [6.07, 6.45) is 0.631. The number of carbonyl (C=O) groups is 2. The predicted molar refractivity (Wildman–Crippen MR) is 160 cm³/mol. The highest BCUT2D eigenvalue weighted by Crippen LogP contribution is 2.29. The summed E-state index contributed by atoms with van der Waals surface area (Å²) in [4.78, 5) is 38.6. The lowest BCUT2D eigenvalue weighted by Crippen LogP contribution is -2.52. The third kappa shape index (κ3) is 7.86. The fraction of sp³-hybridized carbons (Fsp3) is 0.333. The van der Waals surface area contributed by atoms with Crippen LogP contribution in [-0.2, 0) is 26.2 Å². The molecule has 13 heteroatoms. The number of nitrogens with one attached hydrogen (secondary N) is 1. The number of halogens is 1. The van der Waals surface area contributed by atoms with Gasteiger partial charge in [-0.1, -0.05) is 31.2 Å². The largest absolute Gasteiger partial charge is 0.497 e. The number of rotatable bonds is 13. The molecule has 1 N–H and O–H groups in total. The lowest BCUT2D eigenvalue weighted by atomic mass is 10.1. The first-order valence-corrected chi connectivity index (χ1v) is 15.0. The zero-order valence-corrected chi connectivity index (χ0v) is 25.4. The SMILES string of the molecule is CC[C@@H](C)NC(=O)[C@@H](C)N(Cc1ccccc1F)C(=O)CN(c1ccc(OC)cc1)S(=O)(=O)c1ccc(C)c([N+](=O)[O-])c1. The first-order chi connectivity index (χ1) is 20.3. The molecule has 43 heavy (non-hydrogen) atoms. The van der Waals surface area contributed by atoms with Crippen molar-refractivity contribution in [3.63, 3.8) is 0 Å². The number of carbonyl (C=O) groups excluding carboxylic acids is 2. The maximum absolute atomic E-state index is 14.7. The van der Waals surface area contributed by atoms with Crippen LogP contribution in [0.15, 0.2) is 71.6 Å². The quantitative estimate of drug-likeness (QED) is 0.220. The molecule has 0 spiro atoms. The van der Waals surface area contributed by atoms with Gasteiger partial charge in [-0.05, 0) is 63.6 Å². The average molecular weight is 615 g/mol.